The van der Waals surface area contributed by atoms with E-state index in [4.69, 9.17) is 18.9 Å². The van der Waals surface area contributed by atoms with Gasteiger partial charge in [-0.1, -0.05) is 24.3 Å². The van der Waals surface area contributed by atoms with Gasteiger partial charge in [0.2, 0.25) is 11.8 Å². The monoisotopic (exact) mass is 528 g/mol. The number of fused-ring (bicyclic) bond motifs is 6. The Balaban J connectivity index is 1.41. The highest BCUT2D eigenvalue weighted by Gasteiger charge is 2.66. The van der Waals surface area contributed by atoms with Crippen LogP contribution in [0.15, 0.2) is 54.6 Å². The Morgan fingerprint density at radius 2 is 1.62 bits per heavy atom. The van der Waals surface area contributed by atoms with Gasteiger partial charge in [-0.2, -0.15) is 5.26 Å². The lowest BCUT2D eigenvalue weighted by molar-refractivity contribution is -0.107. The van der Waals surface area contributed by atoms with E-state index >= 15 is 0 Å². The SMILES string of the molecule is COc1cc(OC)cc(OCC[C@@]23CC(O)[C@@](C)(O2)c2c3c(O)n(-c3ccc(C#N)c4ccccc34)c2O)c1. The van der Waals surface area contributed by atoms with E-state index in [2.05, 4.69) is 6.07 Å². The molecule has 2 bridgehead atoms. The van der Waals surface area contributed by atoms with E-state index in [0.29, 0.717) is 56.8 Å². The van der Waals surface area contributed by atoms with Gasteiger partial charge in [0.25, 0.3) is 0 Å². The highest BCUT2D eigenvalue weighted by atomic mass is 16.6. The van der Waals surface area contributed by atoms with Gasteiger partial charge in [-0.25, -0.2) is 0 Å². The molecular formula is C30H28N2O7. The van der Waals surface area contributed by atoms with Crippen molar-refractivity contribution >= 4 is 10.8 Å². The van der Waals surface area contributed by atoms with Crippen LogP contribution in [0.25, 0.3) is 16.5 Å². The van der Waals surface area contributed by atoms with Gasteiger partial charge in [0.1, 0.15) is 28.5 Å². The number of rotatable bonds is 7. The molecule has 3 N–H and O–H groups in total. The van der Waals surface area contributed by atoms with Crippen LogP contribution in [-0.4, -0.2) is 46.8 Å². The minimum Gasteiger partial charge on any atom is -0.496 e. The van der Waals surface area contributed by atoms with Crippen LogP contribution in [0.4, 0.5) is 0 Å². The molecular weight excluding hydrogens is 500 g/mol. The molecule has 39 heavy (non-hydrogen) atoms. The number of nitriles is 1. The van der Waals surface area contributed by atoms with Crippen molar-refractivity contribution in [2.24, 2.45) is 0 Å². The van der Waals surface area contributed by atoms with E-state index in [1.165, 1.54) is 4.57 Å². The van der Waals surface area contributed by atoms with Gasteiger partial charge in [-0.3, -0.25) is 4.57 Å². The Bertz CT molecular complexity index is 1630. The molecule has 2 aliphatic heterocycles. The summed E-state index contributed by atoms with van der Waals surface area (Å²) in [4.78, 5) is 0. The molecule has 6 rings (SSSR count). The van der Waals surface area contributed by atoms with E-state index in [9.17, 15) is 20.6 Å². The maximum absolute atomic E-state index is 11.6. The zero-order valence-corrected chi connectivity index (χ0v) is 21.8. The number of aromatic nitrogens is 1. The summed E-state index contributed by atoms with van der Waals surface area (Å²) in [7, 11) is 3.12. The summed E-state index contributed by atoms with van der Waals surface area (Å²) in [5.41, 5.74) is -0.503. The van der Waals surface area contributed by atoms with Crippen molar-refractivity contribution in [1.82, 2.24) is 4.57 Å². The van der Waals surface area contributed by atoms with Crippen LogP contribution in [0, 0.1) is 11.3 Å². The van der Waals surface area contributed by atoms with E-state index in [1.807, 2.05) is 24.3 Å². The molecule has 4 aromatic rings. The lowest BCUT2D eigenvalue weighted by Gasteiger charge is -2.26. The number of ether oxygens (including phenoxy) is 4. The molecule has 0 saturated carbocycles. The van der Waals surface area contributed by atoms with Crippen molar-refractivity contribution in [2.45, 2.75) is 37.1 Å². The van der Waals surface area contributed by atoms with Crippen LogP contribution in [0.3, 0.4) is 0 Å². The molecule has 2 aliphatic rings. The van der Waals surface area contributed by atoms with Gasteiger partial charge in [0, 0.05) is 41.8 Å². The van der Waals surface area contributed by atoms with Crippen LogP contribution in [-0.2, 0) is 15.9 Å². The molecule has 3 aromatic carbocycles. The predicted molar refractivity (Wildman–Crippen MR) is 142 cm³/mol. The van der Waals surface area contributed by atoms with Crippen LogP contribution < -0.4 is 14.2 Å². The number of methoxy groups -OCH3 is 2. The van der Waals surface area contributed by atoms with Crippen molar-refractivity contribution in [1.29, 1.82) is 5.26 Å². The fourth-order valence-corrected chi connectivity index (χ4v) is 6.12. The van der Waals surface area contributed by atoms with E-state index in [1.54, 1.807) is 51.5 Å². The standard InChI is InChI=1S/C30H28N2O7/c1-29-24(33)15-30(39-29,10-11-38-20-13-18(36-2)12-19(14-20)37-3)26-25(29)27(34)32(28(26)35)23-9-8-17(16-31)21-6-4-5-7-22(21)23/h4-9,12-14,24,33-35H,10-11,15H2,1-3H3/t24?,29-,30+/m1/s1. The smallest absolute Gasteiger partial charge is 0.205 e. The van der Waals surface area contributed by atoms with Crippen LogP contribution in [0.2, 0.25) is 0 Å². The maximum Gasteiger partial charge on any atom is 0.205 e. The second-order valence-corrected chi connectivity index (χ2v) is 10.1. The minimum absolute atomic E-state index is 0.170. The number of aliphatic hydroxyl groups excluding tert-OH is 1. The van der Waals surface area contributed by atoms with Gasteiger partial charge in [0.15, 0.2) is 0 Å². The largest absolute Gasteiger partial charge is 0.496 e. The Morgan fingerprint density at radius 1 is 0.974 bits per heavy atom. The van der Waals surface area contributed by atoms with Gasteiger partial charge >= 0.3 is 0 Å². The summed E-state index contributed by atoms with van der Waals surface area (Å²) < 4.78 is 24.4. The van der Waals surface area contributed by atoms with Gasteiger partial charge in [0.05, 0.1) is 55.4 Å². The zero-order chi connectivity index (χ0) is 27.5. The van der Waals surface area contributed by atoms with Crippen molar-refractivity contribution in [3.05, 3.63) is 71.3 Å². The Morgan fingerprint density at radius 3 is 2.28 bits per heavy atom. The first kappa shape index (κ1) is 24.9. The summed E-state index contributed by atoms with van der Waals surface area (Å²) in [6.45, 7) is 1.92. The molecule has 9 nitrogen and oxygen atoms in total. The first-order valence-corrected chi connectivity index (χ1v) is 12.6. The van der Waals surface area contributed by atoms with Gasteiger partial charge < -0.3 is 34.3 Å². The number of hydrogen-bond donors (Lipinski definition) is 3. The summed E-state index contributed by atoms with van der Waals surface area (Å²) in [5.74, 6) is 1.32. The second kappa shape index (κ2) is 8.83. The van der Waals surface area contributed by atoms with E-state index < -0.39 is 17.3 Å². The predicted octanol–water partition coefficient (Wildman–Crippen LogP) is 4.60. The molecule has 3 atom stereocenters. The molecule has 0 aliphatic carbocycles. The summed E-state index contributed by atoms with van der Waals surface area (Å²) >= 11 is 0. The Labute approximate surface area is 225 Å². The lowest BCUT2D eigenvalue weighted by Crippen LogP contribution is -2.33. The topological polar surface area (TPSA) is 126 Å². The molecule has 1 saturated heterocycles. The zero-order valence-electron chi connectivity index (χ0n) is 21.8. The lowest BCUT2D eigenvalue weighted by atomic mass is 9.76. The Kier molecular flexibility index (Phi) is 5.64. The number of aromatic hydroxyl groups is 2. The van der Waals surface area contributed by atoms with Crippen molar-refractivity contribution in [3.8, 4) is 40.8 Å². The fraction of sp³-hybridized carbons (Fsp3) is 0.300. The molecule has 9 heteroatoms. The number of nitrogens with zero attached hydrogens (tertiary/aromatic N) is 2. The third-order valence-corrected chi connectivity index (χ3v) is 8.00. The number of benzene rings is 3. The summed E-state index contributed by atoms with van der Waals surface area (Å²) in [6.07, 6.45) is -0.371. The normalized spacial score (nSPS) is 23.0. The van der Waals surface area contributed by atoms with Gasteiger partial charge in [-0.15, -0.1) is 0 Å². The number of aliphatic hydroxyl groups is 1. The van der Waals surface area contributed by atoms with Crippen molar-refractivity contribution < 1.29 is 34.3 Å². The molecule has 0 radical (unpaired) electrons. The minimum atomic E-state index is -1.22. The molecule has 3 heterocycles. The molecule has 0 spiro atoms. The number of hydrogen-bond acceptors (Lipinski definition) is 8. The first-order chi connectivity index (χ1) is 18.8. The molecule has 0 amide bonds. The van der Waals surface area contributed by atoms with Crippen LogP contribution in [0.1, 0.15) is 36.5 Å². The molecule has 1 fully saturated rings. The second-order valence-electron chi connectivity index (χ2n) is 10.1. The third kappa shape index (κ3) is 3.52. The van der Waals surface area contributed by atoms with Crippen LogP contribution in [0.5, 0.6) is 29.0 Å². The van der Waals surface area contributed by atoms with Crippen molar-refractivity contribution in [3.63, 3.8) is 0 Å². The quantitative estimate of drug-likeness (QED) is 0.318. The molecule has 1 aromatic heterocycles. The first-order valence-electron chi connectivity index (χ1n) is 12.6. The molecule has 200 valence electrons. The average Bonchev–Trinajstić information content (AvgIpc) is 3.48. The average molecular weight is 529 g/mol. The maximum atomic E-state index is 11.6. The summed E-state index contributed by atoms with van der Waals surface area (Å²) in [5, 5.41) is 45.1. The highest BCUT2D eigenvalue weighted by Crippen LogP contribution is 2.65. The van der Waals surface area contributed by atoms with Gasteiger partial charge in [-0.05, 0) is 19.1 Å². The third-order valence-electron chi connectivity index (χ3n) is 8.00. The molecule has 1 unspecified atom stereocenters. The van der Waals surface area contributed by atoms with Crippen LogP contribution >= 0.6 is 0 Å². The highest BCUT2D eigenvalue weighted by molar-refractivity contribution is 5.95. The summed E-state index contributed by atoms with van der Waals surface area (Å²) in [6, 6.07) is 18.1. The fourth-order valence-electron chi connectivity index (χ4n) is 6.12. The Hall–Kier alpha value is -4.39. The van der Waals surface area contributed by atoms with E-state index in [0.717, 1.165) is 0 Å². The van der Waals surface area contributed by atoms with Crippen molar-refractivity contribution in [2.75, 3.05) is 20.8 Å². The van der Waals surface area contributed by atoms with E-state index in [-0.39, 0.29) is 24.8 Å².